The topological polar surface area (TPSA) is 69.2 Å². The number of benzene rings is 1. The van der Waals surface area contributed by atoms with Gasteiger partial charge >= 0.3 is 10.1 Å². The first kappa shape index (κ1) is 14.7. The molecule has 5 nitrogen and oxygen atoms in total. The molecule has 2 aromatic rings. The minimum atomic E-state index is -4.26. The first-order valence-corrected chi connectivity index (χ1v) is 8.14. The molecule has 0 radical (unpaired) electrons. The Kier molecular flexibility index (Phi) is 4.24. The van der Waals surface area contributed by atoms with E-state index in [9.17, 15) is 12.8 Å². The summed E-state index contributed by atoms with van der Waals surface area (Å²) in [5.41, 5.74) is 0.558. The standard InChI is InChI=1S/C12H11FN2O3S2/c1-8-7-11(15-12(14-8)19-2)18-20(16,17)10-6-4-3-5-9(10)13/h3-7H,1-2H3. The van der Waals surface area contributed by atoms with E-state index in [1.807, 2.05) is 0 Å². The fraction of sp³-hybridized carbons (Fsp3) is 0.167. The average Bonchev–Trinajstić information content (AvgIpc) is 2.37. The highest BCUT2D eigenvalue weighted by Gasteiger charge is 2.22. The molecule has 1 aromatic carbocycles. The van der Waals surface area contributed by atoms with Gasteiger partial charge in [-0.25, -0.2) is 9.37 Å². The van der Waals surface area contributed by atoms with Crippen molar-refractivity contribution in [1.82, 2.24) is 9.97 Å². The third-order valence-electron chi connectivity index (χ3n) is 2.29. The van der Waals surface area contributed by atoms with E-state index in [0.29, 0.717) is 10.9 Å². The Labute approximate surface area is 120 Å². The highest BCUT2D eigenvalue weighted by molar-refractivity contribution is 7.98. The van der Waals surface area contributed by atoms with Crippen molar-refractivity contribution in [3.05, 3.63) is 41.8 Å². The highest BCUT2D eigenvalue weighted by Crippen LogP contribution is 2.21. The van der Waals surface area contributed by atoms with Crippen LogP contribution < -0.4 is 4.18 Å². The maximum atomic E-state index is 13.5. The van der Waals surface area contributed by atoms with Gasteiger partial charge in [0, 0.05) is 11.8 Å². The van der Waals surface area contributed by atoms with E-state index in [0.717, 1.165) is 12.1 Å². The highest BCUT2D eigenvalue weighted by atomic mass is 32.2. The zero-order valence-electron chi connectivity index (χ0n) is 10.7. The van der Waals surface area contributed by atoms with E-state index < -0.39 is 20.8 Å². The predicted octanol–water partition coefficient (Wildman–Crippen LogP) is 2.41. The van der Waals surface area contributed by atoms with Gasteiger partial charge in [0.25, 0.3) is 0 Å². The van der Waals surface area contributed by atoms with Crippen LogP contribution >= 0.6 is 11.8 Å². The molecule has 0 spiro atoms. The number of nitrogens with zero attached hydrogens (tertiary/aromatic N) is 2. The Morgan fingerprint density at radius 1 is 1.25 bits per heavy atom. The molecular formula is C12H11FN2O3S2. The molecular weight excluding hydrogens is 303 g/mol. The zero-order valence-corrected chi connectivity index (χ0v) is 12.3. The van der Waals surface area contributed by atoms with E-state index in [-0.39, 0.29) is 5.88 Å². The molecule has 0 bridgehead atoms. The summed E-state index contributed by atoms with van der Waals surface area (Å²) in [7, 11) is -4.26. The van der Waals surface area contributed by atoms with Crippen LogP contribution in [0, 0.1) is 12.7 Å². The van der Waals surface area contributed by atoms with E-state index >= 15 is 0 Å². The smallest absolute Gasteiger partial charge is 0.343 e. The van der Waals surface area contributed by atoms with Gasteiger partial charge in [-0.1, -0.05) is 23.9 Å². The minimum Gasteiger partial charge on any atom is -0.358 e. The average molecular weight is 314 g/mol. The summed E-state index contributed by atoms with van der Waals surface area (Å²) in [6, 6.07) is 6.37. The van der Waals surface area contributed by atoms with Crippen LogP contribution in [0.25, 0.3) is 0 Å². The number of rotatable bonds is 4. The number of aromatic nitrogens is 2. The number of hydrogen-bond donors (Lipinski definition) is 0. The Bertz CT molecular complexity index is 735. The van der Waals surface area contributed by atoms with Crippen molar-refractivity contribution in [2.24, 2.45) is 0 Å². The monoisotopic (exact) mass is 314 g/mol. The fourth-order valence-corrected chi connectivity index (χ4v) is 2.82. The van der Waals surface area contributed by atoms with Gasteiger partial charge in [-0.15, -0.1) is 0 Å². The summed E-state index contributed by atoms with van der Waals surface area (Å²) in [5.74, 6) is -1.01. The number of hydrogen-bond acceptors (Lipinski definition) is 6. The molecule has 0 fully saturated rings. The van der Waals surface area contributed by atoms with Gasteiger partial charge in [0.2, 0.25) is 5.88 Å². The van der Waals surface area contributed by atoms with E-state index in [4.69, 9.17) is 4.18 Å². The third-order valence-corrected chi connectivity index (χ3v) is 4.10. The van der Waals surface area contributed by atoms with Crippen LogP contribution in [0.5, 0.6) is 5.88 Å². The van der Waals surface area contributed by atoms with Crippen LogP contribution in [-0.4, -0.2) is 24.6 Å². The molecule has 0 saturated heterocycles. The molecule has 0 aliphatic heterocycles. The van der Waals surface area contributed by atoms with Gasteiger partial charge < -0.3 is 4.18 Å². The summed E-state index contributed by atoms with van der Waals surface area (Å²) < 4.78 is 42.4. The minimum absolute atomic E-state index is 0.134. The first-order valence-electron chi connectivity index (χ1n) is 5.51. The zero-order chi connectivity index (χ0) is 14.8. The largest absolute Gasteiger partial charge is 0.358 e. The normalized spacial score (nSPS) is 11.3. The van der Waals surface area contributed by atoms with Crippen LogP contribution in [0.3, 0.4) is 0 Å². The van der Waals surface area contributed by atoms with Gasteiger partial charge in [-0.05, 0) is 25.3 Å². The van der Waals surface area contributed by atoms with Crippen molar-refractivity contribution in [2.75, 3.05) is 6.26 Å². The molecule has 0 atom stereocenters. The lowest BCUT2D eigenvalue weighted by Crippen LogP contribution is -2.13. The van der Waals surface area contributed by atoms with Crippen molar-refractivity contribution in [1.29, 1.82) is 0 Å². The van der Waals surface area contributed by atoms with Crippen LogP contribution in [-0.2, 0) is 10.1 Å². The molecule has 8 heteroatoms. The maximum Gasteiger partial charge on any atom is 0.343 e. The number of thioether (sulfide) groups is 1. The van der Waals surface area contributed by atoms with Gasteiger partial charge in [-0.2, -0.15) is 13.4 Å². The van der Waals surface area contributed by atoms with Gasteiger partial charge in [0.15, 0.2) is 5.16 Å². The van der Waals surface area contributed by atoms with Crippen molar-refractivity contribution < 1.29 is 17.0 Å². The predicted molar refractivity (Wildman–Crippen MR) is 72.8 cm³/mol. The lowest BCUT2D eigenvalue weighted by molar-refractivity contribution is 0.463. The van der Waals surface area contributed by atoms with Gasteiger partial charge in [0.05, 0.1) is 0 Å². The summed E-state index contributed by atoms with van der Waals surface area (Å²) in [4.78, 5) is 7.47. The Morgan fingerprint density at radius 3 is 2.60 bits per heavy atom. The Balaban J connectivity index is 2.38. The van der Waals surface area contributed by atoms with E-state index in [2.05, 4.69) is 9.97 Å². The molecule has 106 valence electrons. The summed E-state index contributed by atoms with van der Waals surface area (Å²) >= 11 is 1.25. The Hall–Kier alpha value is -1.67. The quantitative estimate of drug-likeness (QED) is 0.490. The lowest BCUT2D eigenvalue weighted by Gasteiger charge is -2.08. The second-order valence-corrected chi connectivity index (χ2v) is 6.09. The van der Waals surface area contributed by atoms with Crippen LogP contribution in [0.4, 0.5) is 4.39 Å². The van der Waals surface area contributed by atoms with Gasteiger partial charge in [0.1, 0.15) is 10.7 Å². The van der Waals surface area contributed by atoms with Crippen LogP contribution in [0.1, 0.15) is 5.69 Å². The summed E-state index contributed by atoms with van der Waals surface area (Å²) in [6.07, 6.45) is 1.75. The SMILES string of the molecule is CSc1nc(C)cc(OS(=O)(=O)c2ccccc2F)n1. The first-order chi connectivity index (χ1) is 9.42. The van der Waals surface area contributed by atoms with Crippen LogP contribution in [0.2, 0.25) is 0 Å². The number of aryl methyl sites for hydroxylation is 1. The van der Waals surface area contributed by atoms with Crippen molar-refractivity contribution in [3.63, 3.8) is 0 Å². The number of halogens is 1. The molecule has 1 aromatic heterocycles. The maximum absolute atomic E-state index is 13.5. The second-order valence-electron chi connectivity index (χ2n) is 3.80. The summed E-state index contributed by atoms with van der Waals surface area (Å²) in [6.45, 7) is 1.68. The molecule has 0 aliphatic rings. The van der Waals surface area contributed by atoms with Crippen LogP contribution in [0.15, 0.2) is 40.4 Å². The van der Waals surface area contributed by atoms with E-state index in [1.165, 1.54) is 30.0 Å². The third kappa shape index (κ3) is 3.26. The van der Waals surface area contributed by atoms with E-state index in [1.54, 1.807) is 13.2 Å². The molecule has 0 unspecified atom stereocenters. The Morgan fingerprint density at radius 2 is 1.95 bits per heavy atom. The molecule has 0 aliphatic carbocycles. The van der Waals surface area contributed by atoms with Gasteiger partial charge in [-0.3, -0.25) is 0 Å². The molecule has 0 saturated carbocycles. The summed E-state index contributed by atoms with van der Waals surface area (Å²) in [5, 5.41) is 0.378. The molecule has 2 rings (SSSR count). The fourth-order valence-electron chi connectivity index (χ4n) is 1.45. The molecule has 1 heterocycles. The molecule has 20 heavy (non-hydrogen) atoms. The van der Waals surface area contributed by atoms with Crippen molar-refractivity contribution >= 4 is 21.9 Å². The second kappa shape index (κ2) is 5.76. The van der Waals surface area contributed by atoms with Crippen molar-refractivity contribution in [2.45, 2.75) is 17.0 Å². The molecule has 0 amide bonds. The van der Waals surface area contributed by atoms with Crippen molar-refractivity contribution in [3.8, 4) is 5.88 Å². The lowest BCUT2D eigenvalue weighted by atomic mass is 10.4. The molecule has 0 N–H and O–H groups in total.